The normalized spacial score (nSPS) is 10.8. The van der Waals surface area contributed by atoms with Crippen LogP contribution in [-0.2, 0) is 6.54 Å². The molecule has 0 saturated heterocycles. The smallest absolute Gasteiger partial charge is 0.291 e. The third kappa shape index (κ3) is 2.78. The van der Waals surface area contributed by atoms with Crippen LogP contribution >= 0.6 is 15.9 Å². The molecule has 0 atom stereocenters. The maximum Gasteiger partial charge on any atom is 0.348 e. The predicted octanol–water partition coefficient (Wildman–Crippen LogP) is 3.29. The van der Waals surface area contributed by atoms with Crippen molar-refractivity contribution in [2.24, 2.45) is 0 Å². The van der Waals surface area contributed by atoms with E-state index in [1.807, 2.05) is 13.8 Å². The van der Waals surface area contributed by atoms with E-state index in [9.17, 15) is 4.79 Å². The van der Waals surface area contributed by atoms with Gasteiger partial charge in [-0.15, -0.1) is 0 Å². The van der Waals surface area contributed by atoms with Gasteiger partial charge in [-0.25, -0.2) is 4.79 Å². The summed E-state index contributed by atoms with van der Waals surface area (Å²) in [6.07, 6.45) is 0. The number of hydrogen-bond acceptors (Lipinski definition) is 2. The van der Waals surface area contributed by atoms with Crippen molar-refractivity contribution in [3.05, 3.63) is 61.2 Å². The number of benzene rings is 1. The van der Waals surface area contributed by atoms with Crippen LogP contribution in [0.15, 0.2) is 27.5 Å². The van der Waals surface area contributed by atoms with Gasteiger partial charge in [0.15, 0.2) is 0 Å². The second kappa shape index (κ2) is 5.29. The highest BCUT2D eigenvalue weighted by Crippen LogP contribution is 2.18. The summed E-state index contributed by atoms with van der Waals surface area (Å²) in [6, 6.07) is 6.29. The Morgan fingerprint density at radius 3 is 2.58 bits per heavy atom. The average Bonchev–Trinajstić information content (AvgIpc) is 2.36. The van der Waals surface area contributed by atoms with Gasteiger partial charge in [0.25, 0.3) is 0 Å². The number of halogens is 1. The van der Waals surface area contributed by atoms with Gasteiger partial charge in [-0.1, -0.05) is 23.8 Å². The van der Waals surface area contributed by atoms with Crippen LogP contribution in [0.25, 0.3) is 0 Å². The number of nitrogens with zero attached hydrogens (tertiary/aromatic N) is 2. The van der Waals surface area contributed by atoms with Crippen molar-refractivity contribution in [2.45, 2.75) is 34.2 Å². The van der Waals surface area contributed by atoms with Crippen LogP contribution in [0.4, 0.5) is 0 Å². The predicted molar refractivity (Wildman–Crippen MR) is 80.7 cm³/mol. The molecule has 1 aromatic carbocycles. The molecule has 2 rings (SSSR count). The van der Waals surface area contributed by atoms with Crippen molar-refractivity contribution in [1.29, 1.82) is 0 Å². The van der Waals surface area contributed by atoms with Gasteiger partial charge in [0.2, 0.25) is 0 Å². The van der Waals surface area contributed by atoms with Gasteiger partial charge in [0, 0.05) is 5.69 Å². The van der Waals surface area contributed by atoms with Crippen molar-refractivity contribution >= 4 is 15.9 Å². The molecule has 4 heteroatoms. The van der Waals surface area contributed by atoms with Crippen LogP contribution in [-0.4, -0.2) is 9.55 Å². The first-order valence-corrected chi connectivity index (χ1v) is 6.99. The summed E-state index contributed by atoms with van der Waals surface area (Å²) in [5.74, 6) is 0. The largest absolute Gasteiger partial charge is 0.348 e. The maximum atomic E-state index is 12.0. The highest BCUT2D eigenvalue weighted by molar-refractivity contribution is 9.10. The van der Waals surface area contributed by atoms with Gasteiger partial charge in [0.05, 0.1) is 16.7 Å². The van der Waals surface area contributed by atoms with Crippen LogP contribution in [0.5, 0.6) is 0 Å². The van der Waals surface area contributed by atoms with E-state index in [0.717, 1.165) is 21.4 Å². The quantitative estimate of drug-likeness (QED) is 0.851. The Bertz CT molecular complexity index is 689. The number of aryl methyl sites for hydroxylation is 3. The molecule has 0 amide bonds. The van der Waals surface area contributed by atoms with E-state index in [1.54, 1.807) is 4.57 Å². The van der Waals surface area contributed by atoms with Crippen LogP contribution < -0.4 is 5.69 Å². The third-order valence-electron chi connectivity index (χ3n) is 3.37. The molecule has 0 radical (unpaired) electrons. The summed E-state index contributed by atoms with van der Waals surface area (Å²) in [4.78, 5) is 16.1. The Balaban J connectivity index is 2.53. The topological polar surface area (TPSA) is 34.9 Å². The molecule has 3 nitrogen and oxygen atoms in total. The Morgan fingerprint density at radius 2 is 1.89 bits per heavy atom. The molecule has 0 unspecified atom stereocenters. The SMILES string of the molecule is Cc1ccc(C)c(Cn2c(C)c(Br)c(C)nc2=O)c1. The van der Waals surface area contributed by atoms with Crippen molar-refractivity contribution in [3.8, 4) is 0 Å². The Labute approximate surface area is 121 Å². The van der Waals surface area contributed by atoms with E-state index in [0.29, 0.717) is 6.54 Å². The first-order valence-electron chi connectivity index (χ1n) is 6.20. The van der Waals surface area contributed by atoms with Gasteiger partial charge < -0.3 is 0 Å². The minimum atomic E-state index is -0.195. The molecule has 2 aromatic rings. The second-order valence-electron chi connectivity index (χ2n) is 4.90. The second-order valence-corrected chi connectivity index (χ2v) is 5.69. The fraction of sp³-hybridized carbons (Fsp3) is 0.333. The highest BCUT2D eigenvalue weighted by atomic mass is 79.9. The first kappa shape index (κ1) is 14.0. The number of hydrogen-bond donors (Lipinski definition) is 0. The lowest BCUT2D eigenvalue weighted by Gasteiger charge is -2.14. The van der Waals surface area contributed by atoms with Crippen LogP contribution in [0.3, 0.4) is 0 Å². The van der Waals surface area contributed by atoms with E-state index >= 15 is 0 Å². The zero-order valence-corrected chi connectivity index (χ0v) is 13.2. The summed E-state index contributed by atoms with van der Waals surface area (Å²) in [6.45, 7) is 8.45. The van der Waals surface area contributed by atoms with Crippen molar-refractivity contribution in [2.75, 3.05) is 0 Å². The van der Waals surface area contributed by atoms with Gasteiger partial charge in [-0.05, 0) is 54.8 Å². The average molecular weight is 321 g/mol. The molecule has 0 aliphatic carbocycles. The standard InChI is InChI=1S/C15H17BrN2O/c1-9-5-6-10(2)13(7-9)8-18-12(4)14(16)11(3)17-15(18)19/h5-7H,8H2,1-4H3. The Kier molecular flexibility index (Phi) is 3.90. The monoisotopic (exact) mass is 320 g/mol. The number of rotatable bonds is 2. The lowest BCUT2D eigenvalue weighted by Crippen LogP contribution is -2.27. The molecule has 1 aromatic heterocycles. The minimum Gasteiger partial charge on any atom is -0.291 e. The molecule has 19 heavy (non-hydrogen) atoms. The van der Waals surface area contributed by atoms with E-state index in [4.69, 9.17) is 0 Å². The third-order valence-corrected chi connectivity index (χ3v) is 4.52. The molecule has 0 spiro atoms. The summed E-state index contributed by atoms with van der Waals surface area (Å²) >= 11 is 3.49. The van der Waals surface area contributed by atoms with Gasteiger partial charge >= 0.3 is 5.69 Å². The van der Waals surface area contributed by atoms with Gasteiger partial charge in [0.1, 0.15) is 0 Å². The molecule has 0 N–H and O–H groups in total. The van der Waals surface area contributed by atoms with Crippen LogP contribution in [0.1, 0.15) is 28.1 Å². The van der Waals surface area contributed by atoms with Crippen LogP contribution in [0, 0.1) is 27.7 Å². The van der Waals surface area contributed by atoms with Crippen molar-refractivity contribution in [1.82, 2.24) is 9.55 Å². The lowest BCUT2D eigenvalue weighted by atomic mass is 10.1. The summed E-state index contributed by atoms with van der Waals surface area (Å²) < 4.78 is 2.61. The lowest BCUT2D eigenvalue weighted by molar-refractivity contribution is 0.685. The molecular formula is C15H17BrN2O. The first-order chi connectivity index (χ1) is 8.90. The Hall–Kier alpha value is -1.42. The van der Waals surface area contributed by atoms with Crippen molar-refractivity contribution in [3.63, 3.8) is 0 Å². The van der Waals surface area contributed by atoms with E-state index < -0.39 is 0 Å². The van der Waals surface area contributed by atoms with Gasteiger partial charge in [-0.3, -0.25) is 4.57 Å². The summed E-state index contributed by atoms with van der Waals surface area (Å²) in [5, 5.41) is 0. The molecule has 0 aliphatic heterocycles. The molecule has 0 bridgehead atoms. The summed E-state index contributed by atoms with van der Waals surface area (Å²) in [5.41, 5.74) is 5.00. The van der Waals surface area contributed by atoms with Crippen LogP contribution in [0.2, 0.25) is 0 Å². The van der Waals surface area contributed by atoms with Gasteiger partial charge in [-0.2, -0.15) is 4.98 Å². The van der Waals surface area contributed by atoms with E-state index in [-0.39, 0.29) is 5.69 Å². The fourth-order valence-electron chi connectivity index (χ4n) is 2.10. The number of aromatic nitrogens is 2. The molecule has 0 aliphatic rings. The molecular weight excluding hydrogens is 304 g/mol. The van der Waals surface area contributed by atoms with E-state index in [1.165, 1.54) is 11.1 Å². The summed E-state index contributed by atoms with van der Waals surface area (Å²) in [7, 11) is 0. The maximum absolute atomic E-state index is 12.0. The molecule has 1 heterocycles. The zero-order chi connectivity index (χ0) is 14.2. The van der Waals surface area contributed by atoms with Crippen molar-refractivity contribution < 1.29 is 0 Å². The Morgan fingerprint density at radius 1 is 1.21 bits per heavy atom. The zero-order valence-electron chi connectivity index (χ0n) is 11.6. The molecule has 0 fully saturated rings. The molecule has 100 valence electrons. The van der Waals surface area contributed by atoms with E-state index in [2.05, 4.69) is 53.0 Å². The fourth-order valence-corrected chi connectivity index (χ4v) is 2.41. The minimum absolute atomic E-state index is 0.195. The highest BCUT2D eigenvalue weighted by Gasteiger charge is 2.10. The molecule has 0 saturated carbocycles.